The summed E-state index contributed by atoms with van der Waals surface area (Å²) >= 11 is 1.26. The van der Waals surface area contributed by atoms with E-state index in [4.69, 9.17) is 4.74 Å². The number of non-ortho nitro benzene ring substituents is 1. The maximum atomic E-state index is 12.3. The average Bonchev–Trinajstić information content (AvgIpc) is 3.08. The van der Waals surface area contributed by atoms with Crippen molar-refractivity contribution in [2.45, 2.75) is 19.9 Å². The Morgan fingerprint density at radius 3 is 2.97 bits per heavy atom. The van der Waals surface area contributed by atoms with Crippen LogP contribution < -0.4 is 5.32 Å². The SMILES string of the molecule is CCOC(=O)N1CCc2c(sc(NC(=O)/C=C/c3cccc([N+](=O)[O-])c3)c2C#N)C1. The molecule has 0 fully saturated rings. The summed E-state index contributed by atoms with van der Waals surface area (Å²) in [5.41, 5.74) is 1.67. The fourth-order valence-electron chi connectivity index (χ4n) is 3.05. The van der Waals surface area contributed by atoms with Crippen molar-refractivity contribution in [3.63, 3.8) is 0 Å². The number of carbonyl (C=O) groups is 2. The van der Waals surface area contributed by atoms with Gasteiger partial charge in [-0.2, -0.15) is 5.26 Å². The summed E-state index contributed by atoms with van der Waals surface area (Å²) in [5.74, 6) is -0.459. The highest BCUT2D eigenvalue weighted by molar-refractivity contribution is 7.16. The Hall–Kier alpha value is -3.71. The van der Waals surface area contributed by atoms with E-state index in [-0.39, 0.29) is 12.3 Å². The van der Waals surface area contributed by atoms with Gasteiger partial charge in [-0.3, -0.25) is 14.9 Å². The van der Waals surface area contributed by atoms with E-state index in [1.165, 1.54) is 41.7 Å². The van der Waals surface area contributed by atoms with Crippen LogP contribution >= 0.6 is 11.3 Å². The first-order valence-electron chi connectivity index (χ1n) is 9.12. The van der Waals surface area contributed by atoms with E-state index in [1.807, 2.05) is 0 Å². The van der Waals surface area contributed by atoms with Crippen LogP contribution in [0, 0.1) is 21.4 Å². The number of nitrogens with one attached hydrogen (secondary N) is 1. The molecule has 0 saturated carbocycles. The molecule has 0 spiro atoms. The van der Waals surface area contributed by atoms with Gasteiger partial charge in [-0.1, -0.05) is 12.1 Å². The van der Waals surface area contributed by atoms with Gasteiger partial charge in [0, 0.05) is 29.6 Å². The maximum absolute atomic E-state index is 12.3. The molecule has 1 aliphatic heterocycles. The first-order valence-corrected chi connectivity index (χ1v) is 9.94. The third-order valence-electron chi connectivity index (χ3n) is 4.44. The summed E-state index contributed by atoms with van der Waals surface area (Å²) in [4.78, 5) is 37.0. The Morgan fingerprint density at radius 1 is 1.47 bits per heavy atom. The molecule has 2 heterocycles. The van der Waals surface area contributed by atoms with Crippen molar-refractivity contribution in [2.75, 3.05) is 18.5 Å². The smallest absolute Gasteiger partial charge is 0.410 e. The number of hydrogen-bond donors (Lipinski definition) is 1. The highest BCUT2D eigenvalue weighted by Gasteiger charge is 2.27. The molecule has 9 nitrogen and oxygen atoms in total. The second-order valence-corrected chi connectivity index (χ2v) is 7.47. The summed E-state index contributed by atoms with van der Waals surface area (Å²) in [6.07, 6.45) is 2.82. The number of ether oxygens (including phenoxy) is 1. The molecular weight excluding hydrogens is 408 g/mol. The molecule has 0 atom stereocenters. The van der Waals surface area contributed by atoms with Crippen molar-refractivity contribution in [1.82, 2.24) is 4.90 Å². The minimum Gasteiger partial charge on any atom is -0.450 e. The van der Waals surface area contributed by atoms with Crippen LogP contribution in [0.15, 0.2) is 30.3 Å². The average molecular weight is 426 g/mol. The van der Waals surface area contributed by atoms with E-state index in [9.17, 15) is 25.0 Å². The van der Waals surface area contributed by atoms with Crippen molar-refractivity contribution in [1.29, 1.82) is 5.26 Å². The highest BCUT2D eigenvalue weighted by Crippen LogP contribution is 2.36. The lowest BCUT2D eigenvalue weighted by molar-refractivity contribution is -0.384. The van der Waals surface area contributed by atoms with Gasteiger partial charge in [0.25, 0.3) is 5.69 Å². The number of anilines is 1. The molecule has 30 heavy (non-hydrogen) atoms. The second-order valence-electron chi connectivity index (χ2n) is 6.36. The number of nitriles is 1. The lowest BCUT2D eigenvalue weighted by Crippen LogP contribution is -2.35. The molecule has 0 bridgehead atoms. The monoisotopic (exact) mass is 426 g/mol. The Kier molecular flexibility index (Phi) is 6.44. The number of fused-ring (bicyclic) bond motifs is 1. The van der Waals surface area contributed by atoms with Gasteiger partial charge in [-0.15, -0.1) is 11.3 Å². The Labute approximate surface area is 176 Å². The molecular formula is C20H18N4O5S. The third kappa shape index (κ3) is 4.64. The Balaban J connectivity index is 1.73. The fourth-order valence-corrected chi connectivity index (χ4v) is 4.26. The molecule has 0 aliphatic carbocycles. The zero-order valence-corrected chi connectivity index (χ0v) is 16.9. The molecule has 2 amide bonds. The van der Waals surface area contributed by atoms with Gasteiger partial charge in [0.05, 0.1) is 23.6 Å². The number of thiophene rings is 1. The van der Waals surface area contributed by atoms with Gasteiger partial charge in [-0.05, 0) is 30.5 Å². The van der Waals surface area contributed by atoms with Gasteiger partial charge in [-0.25, -0.2) is 4.79 Å². The summed E-state index contributed by atoms with van der Waals surface area (Å²) in [6, 6.07) is 8.04. The Bertz CT molecular complexity index is 1070. The number of rotatable bonds is 5. The van der Waals surface area contributed by atoms with Crippen LogP contribution in [0.25, 0.3) is 6.08 Å². The molecule has 1 N–H and O–H groups in total. The maximum Gasteiger partial charge on any atom is 0.410 e. The number of nitro groups is 1. The number of hydrogen-bond acceptors (Lipinski definition) is 7. The van der Waals surface area contributed by atoms with Crippen LogP contribution in [0.4, 0.5) is 15.5 Å². The molecule has 0 saturated heterocycles. The topological polar surface area (TPSA) is 126 Å². The van der Waals surface area contributed by atoms with Gasteiger partial charge in [0.15, 0.2) is 0 Å². The van der Waals surface area contributed by atoms with E-state index in [2.05, 4.69) is 11.4 Å². The van der Waals surface area contributed by atoms with E-state index < -0.39 is 16.9 Å². The zero-order valence-electron chi connectivity index (χ0n) is 16.1. The zero-order chi connectivity index (χ0) is 21.7. The lowest BCUT2D eigenvalue weighted by Gasteiger charge is -2.25. The minimum atomic E-state index is -0.508. The number of benzene rings is 1. The summed E-state index contributed by atoms with van der Waals surface area (Å²) in [7, 11) is 0. The predicted octanol–water partition coefficient (Wildman–Crippen LogP) is 3.69. The first kappa shape index (κ1) is 21.0. The molecule has 10 heteroatoms. The number of nitrogens with zero attached hydrogens (tertiary/aromatic N) is 3. The van der Waals surface area contributed by atoms with Crippen LogP contribution in [0.5, 0.6) is 0 Å². The molecule has 3 rings (SSSR count). The van der Waals surface area contributed by atoms with Crippen LogP contribution in [-0.4, -0.2) is 35.0 Å². The first-order chi connectivity index (χ1) is 14.4. The summed E-state index contributed by atoms with van der Waals surface area (Å²) in [6.45, 7) is 2.79. The van der Waals surface area contributed by atoms with E-state index >= 15 is 0 Å². The second kappa shape index (κ2) is 9.19. The van der Waals surface area contributed by atoms with Gasteiger partial charge >= 0.3 is 6.09 Å². The molecule has 0 radical (unpaired) electrons. The molecule has 1 aliphatic rings. The summed E-state index contributed by atoms with van der Waals surface area (Å²) < 4.78 is 5.03. The van der Waals surface area contributed by atoms with Crippen LogP contribution in [-0.2, 0) is 22.5 Å². The molecule has 0 unspecified atom stereocenters. The molecule has 2 aromatic rings. The largest absolute Gasteiger partial charge is 0.450 e. The Morgan fingerprint density at radius 2 is 2.27 bits per heavy atom. The van der Waals surface area contributed by atoms with Crippen molar-refractivity contribution in [3.05, 3.63) is 62.0 Å². The lowest BCUT2D eigenvalue weighted by atomic mass is 10.0. The van der Waals surface area contributed by atoms with E-state index in [1.54, 1.807) is 17.9 Å². The van der Waals surface area contributed by atoms with Crippen molar-refractivity contribution < 1.29 is 19.2 Å². The third-order valence-corrected chi connectivity index (χ3v) is 5.57. The van der Waals surface area contributed by atoms with Gasteiger partial charge in [0.1, 0.15) is 11.1 Å². The number of carbonyl (C=O) groups excluding carboxylic acids is 2. The molecule has 1 aromatic carbocycles. The van der Waals surface area contributed by atoms with Gasteiger partial charge in [0.2, 0.25) is 5.91 Å². The standard InChI is InChI=1S/C20H18N4O5S/c1-2-29-20(26)23-9-8-15-16(11-21)19(30-17(15)12-23)22-18(25)7-6-13-4-3-5-14(10-13)24(27)28/h3-7,10H,2,8-9,12H2,1H3,(H,22,25)/b7-6+. The quantitative estimate of drug-likeness (QED) is 0.441. The minimum absolute atomic E-state index is 0.0681. The fraction of sp³-hybridized carbons (Fsp3) is 0.250. The van der Waals surface area contributed by atoms with Crippen molar-refractivity contribution in [2.24, 2.45) is 0 Å². The predicted molar refractivity (Wildman–Crippen MR) is 111 cm³/mol. The van der Waals surface area contributed by atoms with E-state index in [0.717, 1.165) is 10.4 Å². The highest BCUT2D eigenvalue weighted by atomic mass is 32.1. The van der Waals surface area contributed by atoms with Gasteiger partial charge < -0.3 is 15.0 Å². The van der Waals surface area contributed by atoms with Crippen molar-refractivity contribution >= 4 is 40.1 Å². The van der Waals surface area contributed by atoms with Crippen LogP contribution in [0.3, 0.4) is 0 Å². The normalized spacial score (nSPS) is 12.9. The number of amides is 2. The molecule has 154 valence electrons. The van der Waals surface area contributed by atoms with Crippen molar-refractivity contribution in [3.8, 4) is 6.07 Å². The van der Waals surface area contributed by atoms with Crippen LogP contribution in [0.1, 0.15) is 28.5 Å². The number of nitro benzene ring substituents is 1. The van der Waals surface area contributed by atoms with Crippen LogP contribution in [0.2, 0.25) is 0 Å². The van der Waals surface area contributed by atoms with E-state index in [0.29, 0.717) is 35.6 Å². The molecule has 1 aromatic heterocycles. The summed E-state index contributed by atoms with van der Waals surface area (Å²) in [5, 5.41) is 23.5.